The van der Waals surface area contributed by atoms with Gasteiger partial charge >= 0.3 is 5.97 Å². The van der Waals surface area contributed by atoms with Crippen molar-refractivity contribution in [2.24, 2.45) is 0 Å². The molecule has 6 heteroatoms. The van der Waals surface area contributed by atoms with Gasteiger partial charge in [0.25, 0.3) is 0 Å². The van der Waals surface area contributed by atoms with Gasteiger partial charge in [0.1, 0.15) is 11.9 Å². The van der Waals surface area contributed by atoms with E-state index in [0.717, 1.165) is 18.4 Å². The molecule has 1 saturated carbocycles. The third-order valence-corrected chi connectivity index (χ3v) is 4.42. The van der Waals surface area contributed by atoms with Gasteiger partial charge in [0.2, 0.25) is 5.91 Å². The van der Waals surface area contributed by atoms with E-state index in [1.165, 1.54) is 12.8 Å². The second-order valence-corrected chi connectivity index (χ2v) is 6.42. The molecule has 1 aromatic rings. The molecule has 2 unspecified atom stereocenters. The van der Waals surface area contributed by atoms with Gasteiger partial charge in [-0.2, -0.15) is 0 Å². The molecule has 0 spiro atoms. The van der Waals surface area contributed by atoms with Crippen molar-refractivity contribution in [3.63, 3.8) is 0 Å². The minimum Gasteiger partial charge on any atom is -0.482 e. The van der Waals surface area contributed by atoms with Crippen LogP contribution in [-0.4, -0.2) is 35.8 Å². The fraction of sp³-hybridized carbons (Fsp3) is 0.579. The topological polar surface area (TPSA) is 84.9 Å². The van der Waals surface area contributed by atoms with Gasteiger partial charge in [-0.15, -0.1) is 0 Å². The van der Waals surface area contributed by atoms with Crippen LogP contribution in [-0.2, 0) is 14.3 Å². The second-order valence-electron chi connectivity index (χ2n) is 6.42. The molecule has 25 heavy (non-hydrogen) atoms. The fourth-order valence-electron chi connectivity index (χ4n) is 2.99. The summed E-state index contributed by atoms with van der Waals surface area (Å²) in [6.07, 6.45) is 4.87. The van der Waals surface area contributed by atoms with E-state index >= 15 is 0 Å². The van der Waals surface area contributed by atoms with E-state index in [0.29, 0.717) is 12.2 Å². The molecule has 6 nitrogen and oxygen atoms in total. The summed E-state index contributed by atoms with van der Waals surface area (Å²) >= 11 is 0. The van der Waals surface area contributed by atoms with Gasteiger partial charge in [-0.3, -0.25) is 4.79 Å². The number of aliphatic carboxylic acids is 1. The number of nitrogens with one attached hydrogen (secondary N) is 1. The van der Waals surface area contributed by atoms with Gasteiger partial charge in [0.05, 0.1) is 12.1 Å². The SMILES string of the molecule is CCC(OC1CCCC1)C(=O)NC(C)c1ccc(OCC(=O)O)cc1. The van der Waals surface area contributed by atoms with Crippen LogP contribution in [0, 0.1) is 0 Å². The molecule has 0 heterocycles. The summed E-state index contributed by atoms with van der Waals surface area (Å²) in [6, 6.07) is 6.88. The van der Waals surface area contributed by atoms with Crippen molar-refractivity contribution in [1.82, 2.24) is 5.32 Å². The molecule has 2 N–H and O–H groups in total. The Hall–Kier alpha value is -2.08. The zero-order chi connectivity index (χ0) is 18.2. The molecule has 0 aromatic heterocycles. The lowest BCUT2D eigenvalue weighted by molar-refractivity contribution is -0.139. The maximum absolute atomic E-state index is 12.5. The Balaban J connectivity index is 1.87. The number of amides is 1. The molecule has 138 valence electrons. The number of carboxylic acid groups (broad SMARTS) is 1. The number of rotatable bonds is 9. The number of hydrogen-bond donors (Lipinski definition) is 2. The van der Waals surface area contributed by atoms with Gasteiger partial charge < -0.3 is 19.9 Å². The highest BCUT2D eigenvalue weighted by Gasteiger charge is 2.25. The van der Waals surface area contributed by atoms with Crippen LogP contribution in [0.2, 0.25) is 0 Å². The molecule has 2 rings (SSSR count). The van der Waals surface area contributed by atoms with Crippen molar-refractivity contribution in [3.8, 4) is 5.75 Å². The summed E-state index contributed by atoms with van der Waals surface area (Å²) in [5.41, 5.74) is 0.923. The average Bonchev–Trinajstić information content (AvgIpc) is 3.11. The zero-order valence-electron chi connectivity index (χ0n) is 14.9. The average molecular weight is 349 g/mol. The summed E-state index contributed by atoms with van der Waals surface area (Å²) in [6.45, 7) is 3.49. The van der Waals surface area contributed by atoms with Crippen LogP contribution in [0.15, 0.2) is 24.3 Å². The fourth-order valence-corrected chi connectivity index (χ4v) is 2.99. The Morgan fingerprint density at radius 2 is 1.88 bits per heavy atom. The molecule has 1 fully saturated rings. The summed E-state index contributed by atoms with van der Waals surface area (Å²) in [4.78, 5) is 23.0. The first-order chi connectivity index (χ1) is 12.0. The summed E-state index contributed by atoms with van der Waals surface area (Å²) in [5.74, 6) is -0.619. The predicted molar refractivity (Wildman–Crippen MR) is 93.6 cm³/mol. The number of benzene rings is 1. The van der Waals surface area contributed by atoms with Crippen LogP contribution in [0.4, 0.5) is 0 Å². The van der Waals surface area contributed by atoms with Gasteiger partial charge in [0, 0.05) is 0 Å². The largest absolute Gasteiger partial charge is 0.482 e. The van der Waals surface area contributed by atoms with Gasteiger partial charge in [-0.05, 0) is 43.9 Å². The van der Waals surface area contributed by atoms with Gasteiger partial charge in [-0.25, -0.2) is 4.79 Å². The number of carboxylic acids is 1. The molecule has 2 atom stereocenters. The number of ether oxygens (including phenoxy) is 2. The Morgan fingerprint density at radius 1 is 1.24 bits per heavy atom. The van der Waals surface area contributed by atoms with E-state index < -0.39 is 12.1 Å². The molecule has 0 aliphatic heterocycles. The van der Waals surface area contributed by atoms with Crippen LogP contribution < -0.4 is 10.1 Å². The summed E-state index contributed by atoms with van der Waals surface area (Å²) < 4.78 is 11.1. The first-order valence-electron chi connectivity index (χ1n) is 8.90. The Kier molecular flexibility index (Phi) is 7.25. The molecule has 0 bridgehead atoms. The molecule has 1 aliphatic rings. The molecular formula is C19H27NO5. The highest BCUT2D eigenvalue weighted by atomic mass is 16.5. The van der Waals surface area contributed by atoms with E-state index in [2.05, 4.69) is 5.32 Å². The standard InChI is InChI=1S/C19H27NO5/c1-3-17(25-16-6-4-5-7-16)19(23)20-13(2)14-8-10-15(11-9-14)24-12-18(21)22/h8-11,13,16-17H,3-7,12H2,1-2H3,(H,20,23)(H,21,22). The first-order valence-corrected chi connectivity index (χ1v) is 8.90. The highest BCUT2D eigenvalue weighted by molar-refractivity contribution is 5.81. The van der Waals surface area contributed by atoms with Gasteiger partial charge in [0.15, 0.2) is 6.61 Å². The van der Waals surface area contributed by atoms with E-state index in [9.17, 15) is 9.59 Å². The number of hydrogen-bond acceptors (Lipinski definition) is 4. The van der Waals surface area contributed by atoms with Crippen LogP contribution in [0.3, 0.4) is 0 Å². The normalized spacial score (nSPS) is 17.0. The Morgan fingerprint density at radius 3 is 2.44 bits per heavy atom. The van der Waals surface area contributed by atoms with Crippen molar-refractivity contribution < 1.29 is 24.2 Å². The molecule has 0 saturated heterocycles. The predicted octanol–water partition coefficient (Wildman–Crippen LogP) is 3.07. The van der Waals surface area contributed by atoms with Crippen LogP contribution in [0.1, 0.15) is 57.6 Å². The lowest BCUT2D eigenvalue weighted by atomic mass is 10.1. The Bertz CT molecular complexity index is 566. The zero-order valence-corrected chi connectivity index (χ0v) is 14.9. The van der Waals surface area contributed by atoms with Crippen LogP contribution in [0.5, 0.6) is 5.75 Å². The molecular weight excluding hydrogens is 322 g/mol. The van der Waals surface area contributed by atoms with E-state index in [-0.39, 0.29) is 24.7 Å². The maximum Gasteiger partial charge on any atom is 0.341 e. The van der Waals surface area contributed by atoms with Crippen molar-refractivity contribution in [1.29, 1.82) is 0 Å². The monoisotopic (exact) mass is 349 g/mol. The maximum atomic E-state index is 12.5. The van der Waals surface area contributed by atoms with E-state index in [1.807, 2.05) is 26.0 Å². The molecule has 0 radical (unpaired) electrons. The minimum atomic E-state index is -1.02. The van der Waals surface area contributed by atoms with E-state index in [1.54, 1.807) is 12.1 Å². The quantitative estimate of drug-likeness (QED) is 0.716. The first kappa shape index (κ1) is 19.2. The van der Waals surface area contributed by atoms with Crippen LogP contribution >= 0.6 is 0 Å². The Labute approximate surface area is 148 Å². The molecule has 1 aromatic carbocycles. The molecule has 1 amide bonds. The lowest BCUT2D eigenvalue weighted by Crippen LogP contribution is -2.39. The second kappa shape index (κ2) is 9.42. The van der Waals surface area contributed by atoms with Crippen molar-refractivity contribution in [3.05, 3.63) is 29.8 Å². The summed E-state index contributed by atoms with van der Waals surface area (Å²) in [7, 11) is 0. The van der Waals surface area contributed by atoms with Crippen molar-refractivity contribution in [2.45, 2.75) is 64.2 Å². The third-order valence-electron chi connectivity index (χ3n) is 4.42. The van der Waals surface area contributed by atoms with Gasteiger partial charge in [-0.1, -0.05) is 31.9 Å². The smallest absolute Gasteiger partial charge is 0.341 e. The highest BCUT2D eigenvalue weighted by Crippen LogP contribution is 2.23. The third kappa shape index (κ3) is 6.05. The lowest BCUT2D eigenvalue weighted by Gasteiger charge is -2.23. The minimum absolute atomic E-state index is 0.0897. The number of carbonyl (C=O) groups is 2. The van der Waals surface area contributed by atoms with Crippen LogP contribution in [0.25, 0.3) is 0 Å². The van der Waals surface area contributed by atoms with Crippen molar-refractivity contribution >= 4 is 11.9 Å². The molecule has 1 aliphatic carbocycles. The summed E-state index contributed by atoms with van der Waals surface area (Å²) in [5, 5.41) is 11.6. The van der Waals surface area contributed by atoms with Crippen molar-refractivity contribution in [2.75, 3.05) is 6.61 Å². The van der Waals surface area contributed by atoms with E-state index in [4.69, 9.17) is 14.6 Å². The number of carbonyl (C=O) groups excluding carboxylic acids is 1.